The number of aliphatic hydroxyl groups excluding tert-OH is 1. The molecule has 84 valence electrons. The molecule has 0 fully saturated rings. The number of aliphatic hydroxyl groups is 1. The standard InChI is InChI=1S/C10H22N2O2/c1-3-5-11-9-10(14)12(6-4-2)7-8-13/h11,13H,3-9H2,1-2H3. The predicted molar refractivity (Wildman–Crippen MR) is 57.1 cm³/mol. The van der Waals surface area contributed by atoms with E-state index in [1.807, 2.05) is 6.92 Å². The van der Waals surface area contributed by atoms with Gasteiger partial charge in [-0.3, -0.25) is 4.79 Å². The van der Waals surface area contributed by atoms with E-state index in [1.54, 1.807) is 4.90 Å². The van der Waals surface area contributed by atoms with Crippen molar-refractivity contribution in [1.82, 2.24) is 10.2 Å². The summed E-state index contributed by atoms with van der Waals surface area (Å²) in [4.78, 5) is 13.2. The Labute approximate surface area is 86.3 Å². The molecule has 0 unspecified atom stereocenters. The summed E-state index contributed by atoms with van der Waals surface area (Å²) in [5, 5.41) is 11.8. The van der Waals surface area contributed by atoms with Crippen molar-refractivity contribution in [2.24, 2.45) is 0 Å². The van der Waals surface area contributed by atoms with E-state index < -0.39 is 0 Å². The van der Waals surface area contributed by atoms with Gasteiger partial charge < -0.3 is 15.3 Å². The number of hydrogen-bond donors (Lipinski definition) is 2. The predicted octanol–water partition coefficient (Wildman–Crippen LogP) is 0.217. The molecule has 0 aliphatic heterocycles. The molecule has 0 aromatic rings. The molecule has 0 aliphatic rings. The molecule has 1 amide bonds. The van der Waals surface area contributed by atoms with Crippen molar-refractivity contribution in [2.75, 3.05) is 32.8 Å². The first-order valence-corrected chi connectivity index (χ1v) is 5.35. The minimum Gasteiger partial charge on any atom is -0.395 e. The number of nitrogens with one attached hydrogen (secondary N) is 1. The van der Waals surface area contributed by atoms with Crippen LogP contribution in [0, 0.1) is 0 Å². The van der Waals surface area contributed by atoms with Gasteiger partial charge in [-0.05, 0) is 19.4 Å². The van der Waals surface area contributed by atoms with Crippen LogP contribution in [0.3, 0.4) is 0 Å². The maximum atomic E-state index is 11.6. The Morgan fingerprint density at radius 2 is 2.00 bits per heavy atom. The lowest BCUT2D eigenvalue weighted by atomic mass is 10.3. The number of carbonyl (C=O) groups is 1. The quantitative estimate of drug-likeness (QED) is 0.553. The van der Waals surface area contributed by atoms with E-state index in [9.17, 15) is 4.79 Å². The first kappa shape index (κ1) is 13.4. The minimum atomic E-state index is 0.0412. The Balaban J connectivity index is 3.76. The first-order chi connectivity index (χ1) is 6.76. The minimum absolute atomic E-state index is 0.0412. The van der Waals surface area contributed by atoms with Crippen molar-refractivity contribution in [3.8, 4) is 0 Å². The van der Waals surface area contributed by atoms with E-state index in [0.717, 1.165) is 25.9 Å². The molecule has 0 saturated heterocycles. The second kappa shape index (κ2) is 8.97. The summed E-state index contributed by atoms with van der Waals surface area (Å²) in [7, 11) is 0. The van der Waals surface area contributed by atoms with Crippen LogP contribution in [0.5, 0.6) is 0 Å². The number of hydrogen-bond acceptors (Lipinski definition) is 3. The highest BCUT2D eigenvalue weighted by molar-refractivity contribution is 5.78. The molecule has 4 nitrogen and oxygen atoms in total. The van der Waals surface area contributed by atoms with Gasteiger partial charge in [-0.1, -0.05) is 13.8 Å². The summed E-state index contributed by atoms with van der Waals surface area (Å²) in [6.45, 7) is 6.55. The summed E-state index contributed by atoms with van der Waals surface area (Å²) in [6, 6.07) is 0. The van der Waals surface area contributed by atoms with Gasteiger partial charge >= 0.3 is 0 Å². The Morgan fingerprint density at radius 1 is 1.29 bits per heavy atom. The maximum Gasteiger partial charge on any atom is 0.236 e. The van der Waals surface area contributed by atoms with E-state index in [2.05, 4.69) is 12.2 Å². The molecule has 0 aliphatic carbocycles. The highest BCUT2D eigenvalue weighted by Crippen LogP contribution is 1.91. The molecule has 4 heteroatoms. The fraction of sp³-hybridized carbons (Fsp3) is 0.900. The van der Waals surface area contributed by atoms with Crippen molar-refractivity contribution in [3.63, 3.8) is 0 Å². The fourth-order valence-corrected chi connectivity index (χ4v) is 1.24. The molecule has 0 aromatic carbocycles. The van der Waals surface area contributed by atoms with E-state index >= 15 is 0 Å². The molecule has 0 atom stereocenters. The van der Waals surface area contributed by atoms with Gasteiger partial charge in [0.15, 0.2) is 0 Å². The van der Waals surface area contributed by atoms with Gasteiger partial charge in [0.05, 0.1) is 13.2 Å². The highest BCUT2D eigenvalue weighted by Gasteiger charge is 2.10. The van der Waals surface area contributed by atoms with E-state index in [4.69, 9.17) is 5.11 Å². The van der Waals surface area contributed by atoms with Gasteiger partial charge in [-0.2, -0.15) is 0 Å². The van der Waals surface area contributed by atoms with Crippen molar-refractivity contribution in [1.29, 1.82) is 0 Å². The van der Waals surface area contributed by atoms with Crippen LogP contribution in [-0.2, 0) is 4.79 Å². The van der Waals surface area contributed by atoms with Crippen LogP contribution >= 0.6 is 0 Å². The van der Waals surface area contributed by atoms with Crippen LogP contribution in [0.4, 0.5) is 0 Å². The maximum absolute atomic E-state index is 11.6. The number of rotatable bonds is 8. The molecule has 14 heavy (non-hydrogen) atoms. The first-order valence-electron chi connectivity index (χ1n) is 5.35. The lowest BCUT2D eigenvalue weighted by Crippen LogP contribution is -2.40. The van der Waals surface area contributed by atoms with E-state index in [-0.39, 0.29) is 12.5 Å². The molecular weight excluding hydrogens is 180 g/mol. The second-order valence-corrected chi connectivity index (χ2v) is 3.28. The van der Waals surface area contributed by atoms with Crippen molar-refractivity contribution < 1.29 is 9.90 Å². The monoisotopic (exact) mass is 202 g/mol. The molecule has 0 radical (unpaired) electrons. The van der Waals surface area contributed by atoms with Gasteiger partial charge in [0.2, 0.25) is 5.91 Å². The molecule has 0 spiro atoms. The van der Waals surface area contributed by atoms with Gasteiger partial charge in [-0.25, -0.2) is 0 Å². The summed E-state index contributed by atoms with van der Waals surface area (Å²) in [5.74, 6) is 0.0781. The summed E-state index contributed by atoms with van der Waals surface area (Å²) in [5.41, 5.74) is 0. The normalized spacial score (nSPS) is 10.2. The van der Waals surface area contributed by atoms with Crippen LogP contribution < -0.4 is 5.32 Å². The zero-order valence-electron chi connectivity index (χ0n) is 9.25. The molecule has 0 rings (SSSR count). The molecular formula is C10H22N2O2. The number of amides is 1. The Morgan fingerprint density at radius 3 is 2.50 bits per heavy atom. The zero-order valence-corrected chi connectivity index (χ0v) is 9.25. The summed E-state index contributed by atoms with van der Waals surface area (Å²) in [6.07, 6.45) is 1.96. The van der Waals surface area contributed by atoms with Crippen molar-refractivity contribution in [2.45, 2.75) is 26.7 Å². The van der Waals surface area contributed by atoms with Gasteiger partial charge in [0, 0.05) is 13.1 Å². The summed E-state index contributed by atoms with van der Waals surface area (Å²) >= 11 is 0. The lowest BCUT2D eigenvalue weighted by molar-refractivity contribution is -0.130. The van der Waals surface area contributed by atoms with Gasteiger partial charge in [-0.15, -0.1) is 0 Å². The fourth-order valence-electron chi connectivity index (χ4n) is 1.24. The third kappa shape index (κ3) is 5.94. The molecule has 0 bridgehead atoms. The Hall–Kier alpha value is -0.610. The third-order valence-corrected chi connectivity index (χ3v) is 1.92. The Bertz CT molecular complexity index is 145. The topological polar surface area (TPSA) is 52.6 Å². The zero-order chi connectivity index (χ0) is 10.8. The van der Waals surface area contributed by atoms with Crippen LogP contribution in [0.2, 0.25) is 0 Å². The smallest absolute Gasteiger partial charge is 0.236 e. The molecule has 0 saturated carbocycles. The molecule has 0 aromatic heterocycles. The average molecular weight is 202 g/mol. The van der Waals surface area contributed by atoms with Crippen molar-refractivity contribution in [3.05, 3.63) is 0 Å². The molecule has 0 heterocycles. The largest absolute Gasteiger partial charge is 0.395 e. The second-order valence-electron chi connectivity index (χ2n) is 3.28. The average Bonchev–Trinajstić information content (AvgIpc) is 2.18. The van der Waals surface area contributed by atoms with Crippen LogP contribution in [0.15, 0.2) is 0 Å². The lowest BCUT2D eigenvalue weighted by Gasteiger charge is -2.21. The van der Waals surface area contributed by atoms with Crippen LogP contribution in [0.25, 0.3) is 0 Å². The van der Waals surface area contributed by atoms with Crippen molar-refractivity contribution >= 4 is 5.91 Å². The Kier molecular flexibility index (Phi) is 8.57. The SMILES string of the molecule is CCCNCC(=O)N(CCC)CCO. The van der Waals surface area contributed by atoms with Crippen LogP contribution in [-0.4, -0.2) is 48.7 Å². The molecule has 2 N–H and O–H groups in total. The van der Waals surface area contributed by atoms with E-state index in [1.165, 1.54) is 0 Å². The van der Waals surface area contributed by atoms with E-state index in [0.29, 0.717) is 13.1 Å². The number of carbonyl (C=O) groups excluding carboxylic acids is 1. The highest BCUT2D eigenvalue weighted by atomic mass is 16.3. The van der Waals surface area contributed by atoms with Gasteiger partial charge in [0.1, 0.15) is 0 Å². The number of nitrogens with zero attached hydrogens (tertiary/aromatic N) is 1. The summed E-state index contributed by atoms with van der Waals surface area (Å²) < 4.78 is 0. The van der Waals surface area contributed by atoms with Crippen LogP contribution in [0.1, 0.15) is 26.7 Å². The van der Waals surface area contributed by atoms with Gasteiger partial charge in [0.25, 0.3) is 0 Å². The third-order valence-electron chi connectivity index (χ3n) is 1.92.